The Morgan fingerprint density at radius 1 is 1.33 bits per heavy atom. The molecule has 0 aliphatic rings. The summed E-state index contributed by atoms with van der Waals surface area (Å²) < 4.78 is 2.49. The second kappa shape index (κ2) is 6.90. The van der Waals surface area contributed by atoms with Gasteiger partial charge in [-0.2, -0.15) is 0 Å². The SMILES string of the molecule is O=C(/C=C/c1c(Cl)nc2ccccn12)NNC(=O)c1cc(Br)c[nH]1. The van der Waals surface area contributed by atoms with Crippen LogP contribution in [0.3, 0.4) is 0 Å². The highest BCUT2D eigenvalue weighted by molar-refractivity contribution is 9.10. The van der Waals surface area contributed by atoms with Crippen molar-refractivity contribution in [3.63, 3.8) is 0 Å². The van der Waals surface area contributed by atoms with Crippen LogP contribution in [0.2, 0.25) is 5.15 Å². The molecule has 0 saturated heterocycles. The fourth-order valence-corrected chi connectivity index (χ4v) is 2.60. The molecule has 0 radical (unpaired) electrons. The Morgan fingerprint density at radius 3 is 2.92 bits per heavy atom. The van der Waals surface area contributed by atoms with E-state index in [1.165, 1.54) is 12.2 Å². The first-order chi connectivity index (χ1) is 11.5. The number of carbonyl (C=O) groups excluding carboxylic acids is 2. The van der Waals surface area contributed by atoms with E-state index in [0.29, 0.717) is 17.0 Å². The van der Waals surface area contributed by atoms with Crippen molar-refractivity contribution in [1.82, 2.24) is 25.2 Å². The van der Waals surface area contributed by atoms with Gasteiger partial charge in [0.15, 0.2) is 5.15 Å². The van der Waals surface area contributed by atoms with E-state index < -0.39 is 11.8 Å². The molecule has 7 nitrogen and oxygen atoms in total. The van der Waals surface area contributed by atoms with Gasteiger partial charge in [-0.25, -0.2) is 4.98 Å². The zero-order chi connectivity index (χ0) is 17.1. The highest BCUT2D eigenvalue weighted by Crippen LogP contribution is 2.18. The van der Waals surface area contributed by atoms with Crippen LogP contribution >= 0.6 is 27.5 Å². The van der Waals surface area contributed by atoms with Crippen LogP contribution < -0.4 is 10.9 Å². The highest BCUT2D eigenvalue weighted by atomic mass is 79.9. The Kier molecular flexibility index (Phi) is 4.68. The molecule has 24 heavy (non-hydrogen) atoms. The minimum absolute atomic E-state index is 0.283. The summed E-state index contributed by atoms with van der Waals surface area (Å²) in [6.45, 7) is 0. The van der Waals surface area contributed by atoms with Gasteiger partial charge in [-0.1, -0.05) is 17.7 Å². The number of nitrogens with one attached hydrogen (secondary N) is 3. The van der Waals surface area contributed by atoms with E-state index in [1.54, 1.807) is 28.9 Å². The largest absolute Gasteiger partial charge is 0.356 e. The molecule has 122 valence electrons. The zero-order valence-corrected chi connectivity index (χ0v) is 14.4. The lowest BCUT2D eigenvalue weighted by molar-refractivity contribution is -0.117. The molecular weight excluding hydrogens is 398 g/mol. The topological polar surface area (TPSA) is 91.3 Å². The Hall–Kier alpha value is -2.58. The summed E-state index contributed by atoms with van der Waals surface area (Å²) in [4.78, 5) is 30.5. The van der Waals surface area contributed by atoms with Crippen LogP contribution in [0.5, 0.6) is 0 Å². The average Bonchev–Trinajstić information content (AvgIpc) is 3.13. The molecule has 0 unspecified atom stereocenters. The quantitative estimate of drug-likeness (QED) is 0.459. The average molecular weight is 409 g/mol. The second-order valence-electron chi connectivity index (χ2n) is 4.72. The molecule has 2 amide bonds. The Morgan fingerprint density at radius 2 is 2.17 bits per heavy atom. The number of hydrogen-bond acceptors (Lipinski definition) is 3. The van der Waals surface area contributed by atoms with Crippen molar-refractivity contribution in [1.29, 1.82) is 0 Å². The van der Waals surface area contributed by atoms with Gasteiger partial charge in [-0.15, -0.1) is 0 Å². The van der Waals surface area contributed by atoms with Crippen LogP contribution in [0, 0.1) is 0 Å². The van der Waals surface area contributed by atoms with Gasteiger partial charge >= 0.3 is 0 Å². The number of nitrogens with zero attached hydrogens (tertiary/aromatic N) is 2. The van der Waals surface area contributed by atoms with E-state index in [9.17, 15) is 9.59 Å². The maximum atomic E-state index is 11.8. The van der Waals surface area contributed by atoms with Crippen molar-refractivity contribution in [3.8, 4) is 0 Å². The summed E-state index contributed by atoms with van der Waals surface area (Å²) in [7, 11) is 0. The number of halogens is 2. The fourth-order valence-electron chi connectivity index (χ4n) is 2.02. The molecule has 3 heterocycles. The molecule has 0 bridgehead atoms. The van der Waals surface area contributed by atoms with Crippen LogP contribution in [0.25, 0.3) is 11.7 Å². The summed E-state index contributed by atoms with van der Waals surface area (Å²) in [5.74, 6) is -0.966. The van der Waals surface area contributed by atoms with Crippen molar-refractivity contribution in [2.24, 2.45) is 0 Å². The lowest BCUT2D eigenvalue weighted by atomic mass is 10.4. The van der Waals surface area contributed by atoms with Gasteiger partial charge in [0.2, 0.25) is 0 Å². The maximum absolute atomic E-state index is 11.8. The number of carbonyl (C=O) groups is 2. The summed E-state index contributed by atoms with van der Waals surface area (Å²) in [5, 5.41) is 0.283. The van der Waals surface area contributed by atoms with Crippen LogP contribution in [-0.4, -0.2) is 26.2 Å². The fraction of sp³-hybridized carbons (Fsp3) is 0. The molecule has 0 fully saturated rings. The van der Waals surface area contributed by atoms with E-state index in [1.807, 2.05) is 12.1 Å². The molecule has 0 aliphatic carbocycles. The summed E-state index contributed by atoms with van der Waals surface area (Å²) >= 11 is 9.29. The predicted octanol–water partition coefficient (Wildman–Crippen LogP) is 2.55. The third-order valence-corrected chi connectivity index (χ3v) is 3.84. The molecule has 3 N–H and O–H groups in total. The first kappa shape index (κ1) is 16.3. The zero-order valence-electron chi connectivity index (χ0n) is 12.1. The molecule has 0 aliphatic heterocycles. The molecule has 3 aromatic rings. The molecule has 0 spiro atoms. The van der Waals surface area contributed by atoms with Gasteiger partial charge in [0, 0.05) is 22.9 Å². The Labute approximate surface area is 149 Å². The molecule has 3 aromatic heterocycles. The number of imidazole rings is 1. The lowest BCUT2D eigenvalue weighted by Crippen LogP contribution is -2.40. The molecule has 0 saturated carbocycles. The van der Waals surface area contributed by atoms with Gasteiger partial charge in [-0.3, -0.25) is 24.8 Å². The predicted molar refractivity (Wildman–Crippen MR) is 93.3 cm³/mol. The lowest BCUT2D eigenvalue weighted by Gasteiger charge is -2.03. The normalized spacial score (nSPS) is 11.1. The van der Waals surface area contributed by atoms with Crippen LogP contribution in [0.15, 0.2) is 47.2 Å². The first-order valence-electron chi connectivity index (χ1n) is 6.79. The standard InChI is InChI=1S/C15H11BrClN5O2/c16-9-7-10(18-8-9)15(24)21-20-13(23)5-4-11-14(17)19-12-3-1-2-6-22(11)12/h1-8,18H,(H,20,23)(H,21,24)/b5-4+. The van der Waals surface area contributed by atoms with Gasteiger partial charge in [0.25, 0.3) is 11.8 Å². The van der Waals surface area contributed by atoms with Gasteiger partial charge in [0.05, 0.1) is 5.69 Å². The summed E-state index contributed by atoms with van der Waals surface area (Å²) in [5.41, 5.74) is 6.14. The number of hydrogen-bond donors (Lipinski definition) is 3. The van der Waals surface area contributed by atoms with Crippen molar-refractivity contribution in [2.75, 3.05) is 0 Å². The number of rotatable bonds is 3. The smallest absolute Gasteiger partial charge is 0.286 e. The number of fused-ring (bicyclic) bond motifs is 1. The number of hydrazine groups is 1. The number of aromatic amines is 1. The molecule has 0 aromatic carbocycles. The first-order valence-corrected chi connectivity index (χ1v) is 7.96. The third-order valence-electron chi connectivity index (χ3n) is 3.11. The minimum Gasteiger partial charge on any atom is -0.356 e. The van der Waals surface area contributed by atoms with Gasteiger partial charge < -0.3 is 4.98 Å². The van der Waals surface area contributed by atoms with Crippen molar-refractivity contribution >= 4 is 51.1 Å². The molecule has 9 heteroatoms. The van der Waals surface area contributed by atoms with Gasteiger partial charge in [0.1, 0.15) is 11.3 Å². The number of amides is 2. The van der Waals surface area contributed by atoms with Crippen molar-refractivity contribution < 1.29 is 9.59 Å². The van der Waals surface area contributed by atoms with Crippen LogP contribution in [-0.2, 0) is 4.79 Å². The Bertz CT molecular complexity index is 946. The van der Waals surface area contributed by atoms with Crippen molar-refractivity contribution in [2.45, 2.75) is 0 Å². The van der Waals surface area contributed by atoms with E-state index in [-0.39, 0.29) is 5.15 Å². The van der Waals surface area contributed by atoms with Gasteiger partial charge in [-0.05, 0) is 40.2 Å². The van der Waals surface area contributed by atoms with E-state index in [2.05, 4.69) is 36.7 Å². The highest BCUT2D eigenvalue weighted by Gasteiger charge is 2.09. The maximum Gasteiger partial charge on any atom is 0.286 e. The number of aromatic nitrogens is 3. The van der Waals surface area contributed by atoms with E-state index >= 15 is 0 Å². The third kappa shape index (κ3) is 3.50. The summed E-state index contributed by atoms with van der Waals surface area (Å²) in [6.07, 6.45) is 6.18. The molecular formula is C15H11BrClN5O2. The minimum atomic E-state index is -0.504. The number of pyridine rings is 1. The monoisotopic (exact) mass is 407 g/mol. The van der Waals surface area contributed by atoms with Crippen LogP contribution in [0.4, 0.5) is 0 Å². The van der Waals surface area contributed by atoms with Crippen molar-refractivity contribution in [3.05, 3.63) is 63.7 Å². The van der Waals surface area contributed by atoms with Crippen LogP contribution in [0.1, 0.15) is 16.2 Å². The molecule has 0 atom stereocenters. The van der Waals surface area contributed by atoms with E-state index in [0.717, 1.165) is 4.47 Å². The molecule has 3 rings (SSSR count). The number of H-pyrrole nitrogens is 1. The Balaban J connectivity index is 1.65. The second-order valence-corrected chi connectivity index (χ2v) is 6.00. The van der Waals surface area contributed by atoms with E-state index in [4.69, 9.17) is 11.6 Å². The summed E-state index contributed by atoms with van der Waals surface area (Å²) in [6, 6.07) is 7.07.